The first kappa shape index (κ1) is 23.8. The number of hydrogen-bond acceptors (Lipinski definition) is 5. The van der Waals surface area contributed by atoms with Crippen LogP contribution in [-0.2, 0) is 22.4 Å². The van der Waals surface area contributed by atoms with Crippen LogP contribution in [0, 0.1) is 5.92 Å². The molecule has 3 aliphatic rings. The SMILES string of the molecule is CC1CCC(C)N1C(=O)N[C@@H](CCOC1CC(CCc2ccc3c(n2)NCCC3)C1)C(=O)O. The van der Waals surface area contributed by atoms with Gasteiger partial charge in [-0.15, -0.1) is 0 Å². The number of nitrogens with one attached hydrogen (secondary N) is 2. The van der Waals surface area contributed by atoms with Crippen molar-refractivity contribution in [2.45, 2.75) is 95.9 Å². The summed E-state index contributed by atoms with van der Waals surface area (Å²) in [7, 11) is 0. The zero-order valence-corrected chi connectivity index (χ0v) is 19.9. The van der Waals surface area contributed by atoms with Gasteiger partial charge in [-0.25, -0.2) is 14.6 Å². The fourth-order valence-electron chi connectivity index (χ4n) is 5.34. The Balaban J connectivity index is 1.13. The number of amides is 2. The molecular formula is C25H38N4O4. The van der Waals surface area contributed by atoms with Crippen LogP contribution in [0.5, 0.6) is 0 Å². The monoisotopic (exact) mass is 458 g/mol. The van der Waals surface area contributed by atoms with Crippen LogP contribution < -0.4 is 10.6 Å². The predicted octanol–water partition coefficient (Wildman–Crippen LogP) is 3.59. The molecule has 2 unspecified atom stereocenters. The van der Waals surface area contributed by atoms with E-state index in [0.717, 1.165) is 63.0 Å². The maximum atomic E-state index is 12.6. The standard InChI is InChI=1S/C25H38N4O4/c1-16-5-6-17(2)29(16)25(32)28-22(24(30)31)11-13-33-21-14-18(15-21)7-9-20-10-8-19-4-3-12-26-23(19)27-20/h8,10,16-18,21-22H,3-7,9,11-15H2,1-2H3,(H,26,27)(H,28,32)(H,30,31)/t16?,17?,18?,21?,22-/m0/s1. The highest BCUT2D eigenvalue weighted by Gasteiger charge is 2.34. The molecule has 1 aromatic heterocycles. The Hall–Kier alpha value is -2.35. The molecule has 8 nitrogen and oxygen atoms in total. The van der Waals surface area contributed by atoms with Crippen molar-refractivity contribution in [1.29, 1.82) is 0 Å². The van der Waals surface area contributed by atoms with Crippen LogP contribution in [0.4, 0.5) is 10.6 Å². The van der Waals surface area contributed by atoms with E-state index in [-0.39, 0.29) is 30.6 Å². The third-order valence-corrected chi connectivity index (χ3v) is 7.50. The van der Waals surface area contributed by atoms with Crippen molar-refractivity contribution in [2.75, 3.05) is 18.5 Å². The smallest absolute Gasteiger partial charge is 0.326 e. The zero-order chi connectivity index (χ0) is 23.4. The average Bonchev–Trinajstić information content (AvgIpc) is 3.11. The van der Waals surface area contributed by atoms with Gasteiger partial charge in [-0.2, -0.15) is 0 Å². The molecule has 0 bridgehead atoms. The van der Waals surface area contributed by atoms with Gasteiger partial charge in [-0.05, 0) is 82.8 Å². The van der Waals surface area contributed by atoms with Gasteiger partial charge in [-0.3, -0.25) is 0 Å². The van der Waals surface area contributed by atoms with Gasteiger partial charge in [0.25, 0.3) is 0 Å². The third kappa shape index (κ3) is 5.96. The molecule has 3 atom stereocenters. The second kappa shape index (κ2) is 10.7. The molecule has 3 heterocycles. The number of aryl methyl sites for hydroxylation is 2. The van der Waals surface area contributed by atoms with E-state index in [1.54, 1.807) is 4.90 Å². The molecule has 4 rings (SSSR count). The number of nitrogens with zero attached hydrogens (tertiary/aromatic N) is 2. The molecule has 3 N–H and O–H groups in total. The summed E-state index contributed by atoms with van der Waals surface area (Å²) in [4.78, 5) is 30.7. The number of hydrogen-bond donors (Lipinski definition) is 3. The van der Waals surface area contributed by atoms with Gasteiger partial charge < -0.3 is 25.4 Å². The lowest BCUT2D eigenvalue weighted by Crippen LogP contribution is -2.51. The summed E-state index contributed by atoms with van der Waals surface area (Å²) in [6.07, 6.45) is 8.77. The summed E-state index contributed by atoms with van der Waals surface area (Å²) in [5.41, 5.74) is 2.47. The van der Waals surface area contributed by atoms with E-state index in [1.165, 1.54) is 12.0 Å². The molecule has 1 saturated carbocycles. The molecule has 2 fully saturated rings. The van der Waals surface area contributed by atoms with Crippen molar-refractivity contribution in [1.82, 2.24) is 15.2 Å². The summed E-state index contributed by atoms with van der Waals surface area (Å²) in [6, 6.07) is 3.45. The van der Waals surface area contributed by atoms with E-state index >= 15 is 0 Å². The topological polar surface area (TPSA) is 104 Å². The Labute approximate surface area is 196 Å². The van der Waals surface area contributed by atoms with Crippen molar-refractivity contribution in [2.24, 2.45) is 5.92 Å². The van der Waals surface area contributed by atoms with Crippen molar-refractivity contribution in [3.63, 3.8) is 0 Å². The highest BCUT2D eigenvalue weighted by molar-refractivity contribution is 5.83. The van der Waals surface area contributed by atoms with Crippen molar-refractivity contribution in [3.05, 3.63) is 23.4 Å². The molecule has 0 aromatic carbocycles. The summed E-state index contributed by atoms with van der Waals surface area (Å²) < 4.78 is 5.91. The van der Waals surface area contributed by atoms with E-state index in [2.05, 4.69) is 22.8 Å². The molecule has 8 heteroatoms. The number of carboxylic acid groups (broad SMARTS) is 1. The number of urea groups is 1. The first-order valence-corrected chi connectivity index (χ1v) is 12.6. The van der Waals surface area contributed by atoms with Gasteiger partial charge in [0, 0.05) is 37.4 Å². The highest BCUT2D eigenvalue weighted by atomic mass is 16.5. The van der Waals surface area contributed by atoms with Gasteiger partial charge in [0.2, 0.25) is 0 Å². The van der Waals surface area contributed by atoms with Crippen molar-refractivity contribution in [3.8, 4) is 0 Å². The van der Waals surface area contributed by atoms with Crippen molar-refractivity contribution < 1.29 is 19.4 Å². The van der Waals surface area contributed by atoms with Crippen LogP contribution in [-0.4, -0.2) is 64.4 Å². The van der Waals surface area contributed by atoms with E-state index in [4.69, 9.17) is 9.72 Å². The van der Waals surface area contributed by atoms with E-state index in [1.807, 2.05) is 13.8 Å². The Kier molecular flexibility index (Phi) is 7.73. The van der Waals surface area contributed by atoms with Gasteiger partial charge in [0.15, 0.2) is 0 Å². The number of aliphatic carboxylic acids is 1. The van der Waals surface area contributed by atoms with Crippen LogP contribution in [0.3, 0.4) is 0 Å². The normalized spacial score (nSPS) is 27.3. The van der Waals surface area contributed by atoms with E-state index < -0.39 is 12.0 Å². The Bertz CT molecular complexity index is 832. The van der Waals surface area contributed by atoms with Crippen LogP contribution in [0.15, 0.2) is 12.1 Å². The average molecular weight is 459 g/mol. The molecule has 1 saturated heterocycles. The molecule has 0 spiro atoms. The largest absolute Gasteiger partial charge is 0.480 e. The first-order valence-electron chi connectivity index (χ1n) is 12.6. The fraction of sp³-hybridized carbons (Fsp3) is 0.720. The van der Waals surface area contributed by atoms with Crippen LogP contribution in [0.2, 0.25) is 0 Å². The molecule has 2 aliphatic heterocycles. The maximum absolute atomic E-state index is 12.6. The maximum Gasteiger partial charge on any atom is 0.326 e. The second-order valence-corrected chi connectivity index (χ2v) is 10.0. The third-order valence-electron chi connectivity index (χ3n) is 7.50. The number of ether oxygens (including phenoxy) is 1. The van der Waals surface area contributed by atoms with Gasteiger partial charge in [0.05, 0.1) is 6.10 Å². The number of likely N-dealkylation sites (tertiary alicyclic amines) is 1. The predicted molar refractivity (Wildman–Crippen MR) is 126 cm³/mol. The summed E-state index contributed by atoms with van der Waals surface area (Å²) in [5.74, 6) is 0.682. The highest BCUT2D eigenvalue weighted by Crippen LogP contribution is 2.34. The van der Waals surface area contributed by atoms with Gasteiger partial charge >= 0.3 is 12.0 Å². The van der Waals surface area contributed by atoms with Crippen LogP contribution in [0.25, 0.3) is 0 Å². The van der Waals surface area contributed by atoms with Crippen LogP contribution in [0.1, 0.15) is 70.1 Å². The lowest BCUT2D eigenvalue weighted by atomic mass is 9.79. The number of rotatable bonds is 9. The summed E-state index contributed by atoms with van der Waals surface area (Å²) in [6.45, 7) is 5.37. The molecule has 0 radical (unpaired) electrons. The number of pyridine rings is 1. The lowest BCUT2D eigenvalue weighted by Gasteiger charge is -2.35. The lowest BCUT2D eigenvalue weighted by molar-refractivity contribution is -0.140. The number of carbonyl (C=O) groups excluding carboxylic acids is 1. The molecule has 33 heavy (non-hydrogen) atoms. The van der Waals surface area contributed by atoms with Gasteiger partial charge in [-0.1, -0.05) is 6.07 Å². The molecule has 182 valence electrons. The molecule has 1 aliphatic carbocycles. The van der Waals surface area contributed by atoms with Gasteiger partial charge in [0.1, 0.15) is 11.9 Å². The Morgan fingerprint density at radius 3 is 2.76 bits per heavy atom. The number of fused-ring (bicyclic) bond motifs is 1. The fourth-order valence-corrected chi connectivity index (χ4v) is 5.34. The number of carbonyl (C=O) groups is 2. The number of anilines is 1. The van der Waals surface area contributed by atoms with Crippen LogP contribution >= 0.6 is 0 Å². The van der Waals surface area contributed by atoms with E-state index in [9.17, 15) is 14.7 Å². The minimum Gasteiger partial charge on any atom is -0.480 e. The molecule has 2 amide bonds. The quantitative estimate of drug-likeness (QED) is 0.522. The summed E-state index contributed by atoms with van der Waals surface area (Å²) in [5, 5.41) is 15.6. The first-order chi connectivity index (χ1) is 15.9. The minimum absolute atomic E-state index is 0.144. The number of carboxylic acids is 1. The summed E-state index contributed by atoms with van der Waals surface area (Å²) >= 11 is 0. The zero-order valence-electron chi connectivity index (χ0n) is 19.9. The molecule has 1 aromatic rings. The van der Waals surface area contributed by atoms with E-state index in [0.29, 0.717) is 12.5 Å². The second-order valence-electron chi connectivity index (χ2n) is 10.0. The Morgan fingerprint density at radius 1 is 1.27 bits per heavy atom. The Morgan fingerprint density at radius 2 is 2.03 bits per heavy atom. The number of aromatic nitrogens is 1. The van der Waals surface area contributed by atoms with Crippen molar-refractivity contribution >= 4 is 17.8 Å². The molecular weight excluding hydrogens is 420 g/mol. The minimum atomic E-state index is -1.01.